The largest absolute Gasteiger partial charge is 0.416 e. The van der Waals surface area contributed by atoms with Crippen LogP contribution in [0.5, 0.6) is 0 Å². The normalized spacial score (nSPS) is 21.5. The Balaban J connectivity index is 1.52. The van der Waals surface area contributed by atoms with Crippen molar-refractivity contribution < 1.29 is 27.2 Å². The van der Waals surface area contributed by atoms with Crippen molar-refractivity contribution in [1.29, 1.82) is 0 Å². The van der Waals surface area contributed by atoms with E-state index in [-0.39, 0.29) is 34.5 Å². The number of nitrogens with zero attached hydrogens (tertiary/aromatic N) is 1. The average Bonchev–Trinajstić information content (AvgIpc) is 2.79. The maximum Gasteiger partial charge on any atom is 0.416 e. The Kier molecular flexibility index (Phi) is 6.20. The van der Waals surface area contributed by atoms with E-state index < -0.39 is 17.7 Å². The first-order valence-corrected chi connectivity index (χ1v) is 11.1. The Labute approximate surface area is 190 Å². The Morgan fingerprint density at radius 2 is 1.73 bits per heavy atom. The zero-order valence-corrected chi connectivity index (χ0v) is 18.3. The van der Waals surface area contributed by atoms with Crippen LogP contribution in [-0.2, 0) is 15.8 Å². The van der Waals surface area contributed by atoms with Crippen molar-refractivity contribution in [1.82, 2.24) is 10.2 Å². The van der Waals surface area contributed by atoms with Gasteiger partial charge in [-0.3, -0.25) is 9.59 Å². The summed E-state index contributed by atoms with van der Waals surface area (Å²) in [6.07, 6.45) is -3.11. The lowest BCUT2D eigenvalue weighted by Gasteiger charge is -2.49. The third-order valence-electron chi connectivity index (χ3n) is 7.20. The van der Waals surface area contributed by atoms with Crippen LogP contribution in [-0.4, -0.2) is 36.3 Å². The summed E-state index contributed by atoms with van der Waals surface area (Å²) < 4.78 is 53.7. The molecule has 2 saturated heterocycles. The third kappa shape index (κ3) is 4.61. The second-order valence-corrected chi connectivity index (χ2v) is 9.08. The fourth-order valence-corrected chi connectivity index (χ4v) is 5.34. The van der Waals surface area contributed by atoms with Gasteiger partial charge in [0, 0.05) is 32.0 Å². The smallest absolute Gasteiger partial charge is 0.355 e. The SMILES string of the molecule is C[C@H](C(=O)N1CCC2(CC1)CC(=O)NC[C@@H]2c1ccc(F)cc1)c1ccccc1C(F)(F)F. The number of amides is 2. The van der Waals surface area contributed by atoms with Gasteiger partial charge in [-0.2, -0.15) is 13.2 Å². The van der Waals surface area contributed by atoms with E-state index in [9.17, 15) is 27.2 Å². The molecule has 2 amide bonds. The van der Waals surface area contributed by atoms with Crippen LogP contribution in [0.15, 0.2) is 48.5 Å². The Morgan fingerprint density at radius 1 is 1.09 bits per heavy atom. The second kappa shape index (κ2) is 8.80. The molecular formula is C25H26F4N2O2. The number of piperidine rings is 2. The summed E-state index contributed by atoms with van der Waals surface area (Å²) in [5.41, 5.74) is -0.260. The summed E-state index contributed by atoms with van der Waals surface area (Å²) in [5, 5.41) is 2.89. The average molecular weight is 462 g/mol. The minimum atomic E-state index is -4.53. The molecule has 2 aromatic carbocycles. The van der Waals surface area contributed by atoms with Crippen LogP contribution < -0.4 is 5.32 Å². The molecule has 0 radical (unpaired) electrons. The van der Waals surface area contributed by atoms with Gasteiger partial charge in [0.05, 0.1) is 11.5 Å². The number of likely N-dealkylation sites (tertiary alicyclic amines) is 1. The lowest BCUT2D eigenvalue weighted by Crippen LogP contribution is -2.53. The van der Waals surface area contributed by atoms with E-state index in [0.29, 0.717) is 38.9 Å². The summed E-state index contributed by atoms with van der Waals surface area (Å²) in [7, 11) is 0. The highest BCUT2D eigenvalue weighted by atomic mass is 19.4. The predicted molar refractivity (Wildman–Crippen MR) is 115 cm³/mol. The van der Waals surface area contributed by atoms with Crippen LogP contribution >= 0.6 is 0 Å². The van der Waals surface area contributed by atoms with Crippen LogP contribution in [0.2, 0.25) is 0 Å². The van der Waals surface area contributed by atoms with Crippen molar-refractivity contribution in [3.8, 4) is 0 Å². The number of carbonyl (C=O) groups is 2. The molecule has 2 aromatic rings. The Morgan fingerprint density at radius 3 is 2.36 bits per heavy atom. The van der Waals surface area contributed by atoms with E-state index in [1.54, 1.807) is 17.0 Å². The summed E-state index contributed by atoms with van der Waals surface area (Å²) in [5.74, 6) is -1.68. The quantitative estimate of drug-likeness (QED) is 0.663. The topological polar surface area (TPSA) is 49.4 Å². The molecule has 2 heterocycles. The zero-order valence-electron chi connectivity index (χ0n) is 18.3. The maximum atomic E-state index is 13.4. The monoisotopic (exact) mass is 462 g/mol. The highest BCUT2D eigenvalue weighted by Crippen LogP contribution is 2.49. The van der Waals surface area contributed by atoms with Crippen molar-refractivity contribution >= 4 is 11.8 Å². The van der Waals surface area contributed by atoms with Crippen molar-refractivity contribution in [2.24, 2.45) is 5.41 Å². The van der Waals surface area contributed by atoms with Gasteiger partial charge in [-0.05, 0) is 54.5 Å². The third-order valence-corrected chi connectivity index (χ3v) is 7.20. The molecule has 33 heavy (non-hydrogen) atoms. The molecule has 0 bridgehead atoms. The second-order valence-electron chi connectivity index (χ2n) is 9.08. The molecule has 1 spiro atoms. The van der Waals surface area contributed by atoms with Gasteiger partial charge in [0.1, 0.15) is 5.82 Å². The molecule has 0 aromatic heterocycles. The maximum absolute atomic E-state index is 13.4. The van der Waals surface area contributed by atoms with Gasteiger partial charge in [-0.25, -0.2) is 4.39 Å². The number of rotatable bonds is 3. The fraction of sp³-hybridized carbons (Fsp3) is 0.440. The number of nitrogens with one attached hydrogen (secondary N) is 1. The van der Waals surface area contributed by atoms with Crippen molar-refractivity contribution in [2.75, 3.05) is 19.6 Å². The van der Waals surface area contributed by atoms with Crippen LogP contribution in [0.4, 0.5) is 17.6 Å². The van der Waals surface area contributed by atoms with Gasteiger partial charge in [0.25, 0.3) is 0 Å². The van der Waals surface area contributed by atoms with E-state index >= 15 is 0 Å². The van der Waals surface area contributed by atoms with E-state index in [0.717, 1.165) is 11.6 Å². The highest BCUT2D eigenvalue weighted by molar-refractivity contribution is 5.84. The lowest BCUT2D eigenvalue weighted by atomic mass is 9.62. The number of carbonyl (C=O) groups excluding carboxylic acids is 2. The summed E-state index contributed by atoms with van der Waals surface area (Å²) in [6, 6.07) is 11.4. The minimum Gasteiger partial charge on any atom is -0.355 e. The molecule has 176 valence electrons. The van der Waals surface area contributed by atoms with Gasteiger partial charge in [-0.1, -0.05) is 30.3 Å². The molecule has 0 aliphatic carbocycles. The van der Waals surface area contributed by atoms with E-state index in [2.05, 4.69) is 5.32 Å². The van der Waals surface area contributed by atoms with E-state index in [4.69, 9.17) is 0 Å². The number of benzene rings is 2. The minimum absolute atomic E-state index is 0.0172. The van der Waals surface area contributed by atoms with Crippen LogP contribution in [0.25, 0.3) is 0 Å². The molecule has 0 saturated carbocycles. The first kappa shape index (κ1) is 23.3. The Bertz CT molecular complexity index is 1030. The van der Waals surface area contributed by atoms with Crippen LogP contribution in [0.3, 0.4) is 0 Å². The van der Waals surface area contributed by atoms with Gasteiger partial charge >= 0.3 is 6.18 Å². The molecule has 0 unspecified atom stereocenters. The predicted octanol–water partition coefficient (Wildman–Crippen LogP) is 4.86. The molecule has 2 aliphatic rings. The van der Waals surface area contributed by atoms with E-state index in [1.165, 1.54) is 37.3 Å². The van der Waals surface area contributed by atoms with Crippen LogP contribution in [0.1, 0.15) is 54.7 Å². The number of halogens is 4. The van der Waals surface area contributed by atoms with Gasteiger partial charge < -0.3 is 10.2 Å². The van der Waals surface area contributed by atoms with Gasteiger partial charge in [-0.15, -0.1) is 0 Å². The molecule has 2 aliphatic heterocycles. The zero-order chi connectivity index (χ0) is 23.8. The van der Waals surface area contributed by atoms with Gasteiger partial charge in [0.15, 0.2) is 0 Å². The molecule has 1 N–H and O–H groups in total. The summed E-state index contributed by atoms with van der Waals surface area (Å²) >= 11 is 0. The molecular weight excluding hydrogens is 436 g/mol. The molecule has 2 atom stereocenters. The standard InChI is InChI=1S/C25H26F4N2O2/c1-16(19-4-2-3-5-20(19)25(27,28)29)23(33)31-12-10-24(11-13-31)14-22(32)30-15-21(24)17-6-8-18(26)9-7-17/h2-9,16,21H,10-15H2,1H3,(H,30,32)/t16-,21+/m0/s1. The van der Waals surface area contributed by atoms with Crippen LogP contribution in [0, 0.1) is 11.2 Å². The number of hydrogen-bond donors (Lipinski definition) is 1. The first-order valence-electron chi connectivity index (χ1n) is 11.1. The molecule has 8 heteroatoms. The fourth-order valence-electron chi connectivity index (χ4n) is 5.34. The lowest BCUT2D eigenvalue weighted by molar-refractivity contribution is -0.140. The van der Waals surface area contributed by atoms with Gasteiger partial charge in [0.2, 0.25) is 11.8 Å². The molecule has 2 fully saturated rings. The molecule has 4 rings (SSSR count). The first-order chi connectivity index (χ1) is 15.6. The highest BCUT2D eigenvalue weighted by Gasteiger charge is 2.47. The molecule has 4 nitrogen and oxygen atoms in total. The van der Waals surface area contributed by atoms with Crippen molar-refractivity contribution in [3.63, 3.8) is 0 Å². The summed E-state index contributed by atoms with van der Waals surface area (Å²) in [6.45, 7) is 2.67. The summed E-state index contributed by atoms with van der Waals surface area (Å²) in [4.78, 5) is 27.0. The number of hydrogen-bond acceptors (Lipinski definition) is 2. The van der Waals surface area contributed by atoms with E-state index in [1.807, 2.05) is 0 Å². The van der Waals surface area contributed by atoms with Crippen molar-refractivity contribution in [3.05, 3.63) is 71.0 Å². The van der Waals surface area contributed by atoms with Crippen molar-refractivity contribution in [2.45, 2.75) is 44.2 Å². The Hall–Kier alpha value is -2.90. The number of alkyl halides is 3.